The first-order chi connectivity index (χ1) is 8.08. The third kappa shape index (κ3) is 3.75. The van der Waals surface area contributed by atoms with Crippen LogP contribution in [0.15, 0.2) is 18.2 Å². The van der Waals surface area contributed by atoms with Gasteiger partial charge in [0, 0.05) is 0 Å². The lowest BCUT2D eigenvalue weighted by molar-refractivity contribution is 0.0507. The Labute approximate surface area is 102 Å². The normalized spacial score (nSPS) is 12.2. The van der Waals surface area contributed by atoms with Crippen molar-refractivity contribution >= 4 is 5.84 Å². The van der Waals surface area contributed by atoms with E-state index in [4.69, 9.17) is 20.6 Å². The molecule has 4 heteroatoms. The lowest BCUT2D eigenvalue weighted by Crippen LogP contribution is -2.13. The summed E-state index contributed by atoms with van der Waals surface area (Å²) in [6, 6.07) is 5.55. The minimum atomic E-state index is 0.0104. The number of nitrogens with one attached hydrogen (secondary N) is 1. The Balaban J connectivity index is 2.79. The second-order valence-corrected chi connectivity index (χ2v) is 3.98. The Hall–Kier alpha value is -1.55. The van der Waals surface area contributed by atoms with Gasteiger partial charge in [-0.2, -0.15) is 0 Å². The van der Waals surface area contributed by atoms with Gasteiger partial charge in [-0.1, -0.05) is 13.0 Å². The molecule has 0 saturated heterocycles. The van der Waals surface area contributed by atoms with Gasteiger partial charge in [0.15, 0.2) is 0 Å². The second-order valence-electron chi connectivity index (χ2n) is 3.98. The quantitative estimate of drug-likeness (QED) is 0.588. The molecule has 0 aliphatic rings. The Bertz CT molecular complexity index is 391. The molecular weight excluding hydrogens is 216 g/mol. The molecule has 1 atom stereocenters. The molecule has 3 N–H and O–H groups in total. The first kappa shape index (κ1) is 13.5. The van der Waals surface area contributed by atoms with Crippen LogP contribution in [0.1, 0.15) is 31.4 Å². The highest BCUT2D eigenvalue weighted by Crippen LogP contribution is 2.20. The lowest BCUT2D eigenvalue weighted by atomic mass is 10.1. The van der Waals surface area contributed by atoms with Crippen LogP contribution in [0.25, 0.3) is 0 Å². The number of nitrogens with two attached hydrogens (primary N) is 1. The van der Waals surface area contributed by atoms with Gasteiger partial charge in [-0.25, -0.2) is 0 Å². The molecule has 0 aromatic heterocycles. The van der Waals surface area contributed by atoms with Crippen molar-refractivity contribution in [1.29, 1.82) is 5.41 Å². The molecule has 1 aromatic carbocycles. The van der Waals surface area contributed by atoms with Crippen LogP contribution in [-0.4, -0.2) is 19.0 Å². The molecule has 0 heterocycles. The van der Waals surface area contributed by atoms with Gasteiger partial charge in [-0.15, -0.1) is 0 Å². The van der Waals surface area contributed by atoms with E-state index in [0.717, 1.165) is 12.0 Å². The molecule has 0 radical (unpaired) electrons. The van der Waals surface area contributed by atoms with Crippen molar-refractivity contribution in [3.63, 3.8) is 0 Å². The third-order valence-electron chi connectivity index (χ3n) is 2.67. The number of rotatable bonds is 6. The molecule has 0 aliphatic heterocycles. The molecule has 0 fully saturated rings. The minimum absolute atomic E-state index is 0.0104. The van der Waals surface area contributed by atoms with E-state index >= 15 is 0 Å². The Morgan fingerprint density at radius 2 is 2.18 bits per heavy atom. The van der Waals surface area contributed by atoms with Crippen LogP contribution in [0.2, 0.25) is 0 Å². The number of methoxy groups -OCH3 is 1. The highest BCUT2D eigenvalue weighted by molar-refractivity contribution is 5.97. The summed E-state index contributed by atoms with van der Waals surface area (Å²) in [5.74, 6) is 0.624. The van der Waals surface area contributed by atoms with Crippen LogP contribution < -0.4 is 10.5 Å². The van der Waals surface area contributed by atoms with Crippen molar-refractivity contribution < 1.29 is 9.47 Å². The van der Waals surface area contributed by atoms with Gasteiger partial charge in [-0.05, 0) is 31.0 Å². The molecule has 1 unspecified atom stereocenters. The first-order valence-electron chi connectivity index (χ1n) is 5.71. The van der Waals surface area contributed by atoms with E-state index in [9.17, 15) is 0 Å². The monoisotopic (exact) mass is 236 g/mol. The van der Waals surface area contributed by atoms with Crippen molar-refractivity contribution in [2.45, 2.75) is 33.0 Å². The lowest BCUT2D eigenvalue weighted by Gasteiger charge is -2.12. The van der Waals surface area contributed by atoms with Crippen LogP contribution in [0.3, 0.4) is 0 Å². The maximum atomic E-state index is 7.42. The van der Waals surface area contributed by atoms with E-state index in [1.807, 2.05) is 19.1 Å². The highest BCUT2D eigenvalue weighted by Gasteiger charge is 2.07. The summed E-state index contributed by atoms with van der Waals surface area (Å²) in [6.45, 7) is 4.68. The molecule has 94 valence electrons. The van der Waals surface area contributed by atoms with Crippen molar-refractivity contribution in [1.82, 2.24) is 0 Å². The molecule has 1 aromatic rings. The summed E-state index contributed by atoms with van der Waals surface area (Å²) in [6.07, 6.45) is 1.23. The fourth-order valence-corrected chi connectivity index (χ4v) is 1.40. The minimum Gasteiger partial charge on any atom is -0.496 e. The van der Waals surface area contributed by atoms with Crippen LogP contribution in [0, 0.1) is 5.41 Å². The topological polar surface area (TPSA) is 68.3 Å². The van der Waals surface area contributed by atoms with Crippen molar-refractivity contribution in [2.24, 2.45) is 5.73 Å². The van der Waals surface area contributed by atoms with E-state index in [2.05, 4.69) is 6.92 Å². The third-order valence-corrected chi connectivity index (χ3v) is 2.67. The van der Waals surface area contributed by atoms with Crippen LogP contribution >= 0.6 is 0 Å². The van der Waals surface area contributed by atoms with E-state index in [-0.39, 0.29) is 11.9 Å². The number of hydrogen-bond acceptors (Lipinski definition) is 3. The zero-order valence-electron chi connectivity index (χ0n) is 10.6. The van der Waals surface area contributed by atoms with Gasteiger partial charge in [0.2, 0.25) is 0 Å². The second kappa shape index (κ2) is 6.25. The van der Waals surface area contributed by atoms with Gasteiger partial charge in [-0.3, -0.25) is 5.41 Å². The predicted molar refractivity (Wildman–Crippen MR) is 68.6 cm³/mol. The average molecular weight is 236 g/mol. The zero-order chi connectivity index (χ0) is 12.8. The maximum Gasteiger partial charge on any atom is 0.130 e. The van der Waals surface area contributed by atoms with Gasteiger partial charge < -0.3 is 15.2 Å². The standard InChI is InChI=1S/C13H20N2O2/c1-4-9(2)17-8-10-5-6-11(13(14)15)12(7-10)16-3/h5-7,9H,4,8H2,1-3H3,(H3,14,15). The van der Waals surface area contributed by atoms with E-state index in [1.54, 1.807) is 13.2 Å². The van der Waals surface area contributed by atoms with Crippen LogP contribution in [0.4, 0.5) is 0 Å². The Kier molecular flexibility index (Phi) is 4.97. The fourth-order valence-electron chi connectivity index (χ4n) is 1.40. The SMILES string of the molecule is CCC(C)OCc1ccc(C(=N)N)c(OC)c1. The molecular formula is C13H20N2O2. The molecule has 4 nitrogen and oxygen atoms in total. The largest absolute Gasteiger partial charge is 0.496 e. The fraction of sp³-hybridized carbons (Fsp3) is 0.462. The smallest absolute Gasteiger partial charge is 0.130 e. The summed E-state index contributed by atoms with van der Waals surface area (Å²) in [5.41, 5.74) is 7.09. The number of amidine groups is 1. The molecule has 0 aliphatic carbocycles. The summed E-state index contributed by atoms with van der Waals surface area (Å²) in [5, 5.41) is 7.42. The molecule has 17 heavy (non-hydrogen) atoms. The Morgan fingerprint density at radius 3 is 2.71 bits per heavy atom. The molecule has 0 amide bonds. The molecule has 0 saturated carbocycles. The van der Waals surface area contributed by atoms with Crippen LogP contribution in [-0.2, 0) is 11.3 Å². The Morgan fingerprint density at radius 1 is 1.47 bits per heavy atom. The summed E-state index contributed by atoms with van der Waals surface area (Å²) in [4.78, 5) is 0. The number of nitrogen functional groups attached to an aromatic ring is 1. The number of benzene rings is 1. The summed E-state index contributed by atoms with van der Waals surface area (Å²) in [7, 11) is 1.57. The molecule has 0 spiro atoms. The van der Waals surface area contributed by atoms with Gasteiger partial charge >= 0.3 is 0 Å². The van der Waals surface area contributed by atoms with E-state index in [0.29, 0.717) is 17.9 Å². The average Bonchev–Trinajstić information content (AvgIpc) is 2.35. The van der Waals surface area contributed by atoms with Crippen molar-refractivity contribution in [3.05, 3.63) is 29.3 Å². The zero-order valence-corrected chi connectivity index (χ0v) is 10.6. The number of ether oxygens (including phenoxy) is 2. The highest BCUT2D eigenvalue weighted by atomic mass is 16.5. The summed E-state index contributed by atoms with van der Waals surface area (Å²) < 4.78 is 10.8. The van der Waals surface area contributed by atoms with Gasteiger partial charge in [0.05, 0.1) is 25.4 Å². The predicted octanol–water partition coefficient (Wildman–Crippen LogP) is 2.29. The van der Waals surface area contributed by atoms with Gasteiger partial charge in [0.25, 0.3) is 0 Å². The first-order valence-corrected chi connectivity index (χ1v) is 5.71. The van der Waals surface area contributed by atoms with Crippen LogP contribution in [0.5, 0.6) is 5.75 Å². The van der Waals surface area contributed by atoms with E-state index < -0.39 is 0 Å². The van der Waals surface area contributed by atoms with Gasteiger partial charge in [0.1, 0.15) is 11.6 Å². The van der Waals surface area contributed by atoms with Crippen molar-refractivity contribution in [3.8, 4) is 5.75 Å². The maximum absolute atomic E-state index is 7.42. The summed E-state index contributed by atoms with van der Waals surface area (Å²) >= 11 is 0. The molecule has 0 bridgehead atoms. The number of hydrogen-bond donors (Lipinski definition) is 2. The van der Waals surface area contributed by atoms with Crippen molar-refractivity contribution in [2.75, 3.05) is 7.11 Å². The van der Waals surface area contributed by atoms with E-state index in [1.165, 1.54) is 0 Å². The molecule has 1 rings (SSSR count).